The van der Waals surface area contributed by atoms with Gasteiger partial charge in [-0.05, 0) is 83.9 Å². The van der Waals surface area contributed by atoms with Crippen LogP contribution in [0.25, 0.3) is 0 Å². The Morgan fingerprint density at radius 2 is 1.60 bits per heavy atom. The number of rotatable bonds is 9. The molecule has 5 rings (SSSR count). The van der Waals surface area contributed by atoms with Crippen LogP contribution < -0.4 is 4.74 Å². The Bertz CT molecular complexity index is 1350. The second-order valence-corrected chi connectivity index (χ2v) is 10.3. The molecule has 2 aliphatic carbocycles. The van der Waals surface area contributed by atoms with E-state index in [9.17, 15) is 9.90 Å². The first-order valence-electron chi connectivity index (χ1n) is 14.0. The first kappa shape index (κ1) is 27.3. The summed E-state index contributed by atoms with van der Waals surface area (Å²) in [7, 11) is 0. The van der Waals surface area contributed by atoms with Gasteiger partial charge in [-0.1, -0.05) is 80.0 Å². The molecule has 0 bridgehead atoms. The Morgan fingerprint density at radius 1 is 0.850 bits per heavy atom. The maximum Gasteiger partial charge on any atom is 0.321 e. The number of aromatic hydroxyl groups is 1. The van der Waals surface area contributed by atoms with Gasteiger partial charge in [0.05, 0.1) is 5.41 Å². The minimum Gasteiger partial charge on any atom is -0.508 e. The van der Waals surface area contributed by atoms with Crippen molar-refractivity contribution < 1.29 is 24.2 Å². The Kier molecular flexibility index (Phi) is 8.96. The molecule has 1 saturated carbocycles. The van der Waals surface area contributed by atoms with Crippen molar-refractivity contribution in [2.75, 3.05) is 6.61 Å². The van der Waals surface area contributed by atoms with Gasteiger partial charge in [0.15, 0.2) is 0 Å². The Hall–Kier alpha value is -4.32. The molecule has 0 heterocycles. The average Bonchev–Trinajstić information content (AvgIpc) is 3.01. The van der Waals surface area contributed by atoms with Crippen LogP contribution in [0.3, 0.4) is 0 Å². The number of hydrogen-bond acceptors (Lipinski definition) is 6. The number of carbonyl (C=O) groups excluding carboxylic acids is 1. The van der Waals surface area contributed by atoms with E-state index in [0.29, 0.717) is 24.9 Å². The quantitative estimate of drug-likeness (QED) is 0.101. The van der Waals surface area contributed by atoms with Crippen LogP contribution in [0.15, 0.2) is 108 Å². The third-order valence-corrected chi connectivity index (χ3v) is 7.50. The predicted molar refractivity (Wildman–Crippen MR) is 155 cm³/mol. The van der Waals surface area contributed by atoms with Crippen LogP contribution in [-0.4, -0.2) is 23.6 Å². The molecule has 0 aliphatic heterocycles. The van der Waals surface area contributed by atoms with Crippen molar-refractivity contribution in [3.05, 3.63) is 119 Å². The van der Waals surface area contributed by atoms with E-state index in [2.05, 4.69) is 23.4 Å². The van der Waals surface area contributed by atoms with Crippen molar-refractivity contribution in [3.8, 4) is 11.5 Å². The van der Waals surface area contributed by atoms with Crippen molar-refractivity contribution >= 4 is 11.9 Å². The van der Waals surface area contributed by atoms with Crippen LogP contribution in [-0.2, 0) is 26.4 Å². The van der Waals surface area contributed by atoms with Gasteiger partial charge in [-0.25, -0.2) is 0 Å². The van der Waals surface area contributed by atoms with E-state index in [1.54, 1.807) is 24.3 Å². The number of oxime groups is 1. The third kappa shape index (κ3) is 6.81. The highest BCUT2D eigenvalue weighted by molar-refractivity contribution is 5.94. The Labute approximate surface area is 235 Å². The Morgan fingerprint density at radius 3 is 2.30 bits per heavy atom. The standard InChI is InChI=1S/C34H35NO5/c36-30-18-16-29(17-19-30)34(22-8-3-9-23-34)33(37)40-31-20-14-28(15-21-31)32(38-24-26-10-4-1-5-11-26)35-39-25-27-12-6-2-7-13-27/h2,4,6-7,10-21,36H,1,3,5,8-9,22-25H2/b35-32+. The number of esters is 1. The number of carbonyl (C=O) groups is 1. The molecular weight excluding hydrogens is 502 g/mol. The zero-order valence-corrected chi connectivity index (χ0v) is 22.6. The predicted octanol–water partition coefficient (Wildman–Crippen LogP) is 7.37. The number of allylic oxidation sites excluding steroid dienone is 2. The summed E-state index contributed by atoms with van der Waals surface area (Å²) in [5, 5.41) is 14.1. The SMILES string of the molecule is O=C(Oc1ccc(/C(=N\OCc2ccccc2)OCC2=CCCC=C2)cc1)C1(c2ccc(O)cc2)CCCCC1. The van der Waals surface area contributed by atoms with E-state index in [1.165, 1.54) is 0 Å². The minimum atomic E-state index is -0.715. The lowest BCUT2D eigenvalue weighted by molar-refractivity contribution is -0.142. The second-order valence-electron chi connectivity index (χ2n) is 10.3. The molecular formula is C34H35NO5. The maximum absolute atomic E-state index is 13.6. The molecule has 0 radical (unpaired) electrons. The highest BCUT2D eigenvalue weighted by Gasteiger charge is 2.43. The molecule has 0 unspecified atom stereocenters. The molecule has 6 nitrogen and oxygen atoms in total. The summed E-state index contributed by atoms with van der Waals surface area (Å²) >= 11 is 0. The first-order chi connectivity index (χ1) is 19.6. The van der Waals surface area contributed by atoms with E-state index in [0.717, 1.165) is 67.2 Å². The zero-order chi connectivity index (χ0) is 27.6. The molecule has 3 aromatic carbocycles. The van der Waals surface area contributed by atoms with Crippen molar-refractivity contribution in [2.45, 2.75) is 57.0 Å². The molecule has 0 saturated heterocycles. The normalized spacial score (nSPS) is 16.6. The van der Waals surface area contributed by atoms with E-state index >= 15 is 0 Å². The summed E-state index contributed by atoms with van der Waals surface area (Å²) in [5.41, 5.74) is 3.00. The summed E-state index contributed by atoms with van der Waals surface area (Å²) in [4.78, 5) is 19.2. The molecule has 206 valence electrons. The van der Waals surface area contributed by atoms with E-state index < -0.39 is 5.41 Å². The number of phenols is 1. The fourth-order valence-corrected chi connectivity index (χ4v) is 5.25. The molecule has 0 atom stereocenters. The fourth-order valence-electron chi connectivity index (χ4n) is 5.25. The molecule has 0 spiro atoms. The van der Waals surface area contributed by atoms with Gasteiger partial charge in [0, 0.05) is 5.56 Å². The number of benzene rings is 3. The van der Waals surface area contributed by atoms with Crippen LogP contribution in [0.4, 0.5) is 0 Å². The van der Waals surface area contributed by atoms with Crippen LogP contribution in [0, 0.1) is 0 Å². The topological polar surface area (TPSA) is 77.4 Å². The number of ether oxygens (including phenoxy) is 2. The van der Waals surface area contributed by atoms with Crippen LogP contribution in [0.1, 0.15) is 61.6 Å². The lowest BCUT2D eigenvalue weighted by atomic mass is 9.69. The van der Waals surface area contributed by atoms with Crippen molar-refractivity contribution in [1.82, 2.24) is 0 Å². The highest BCUT2D eigenvalue weighted by Crippen LogP contribution is 2.41. The zero-order valence-electron chi connectivity index (χ0n) is 22.6. The molecule has 1 fully saturated rings. The van der Waals surface area contributed by atoms with Gasteiger partial charge in [-0.2, -0.15) is 0 Å². The summed E-state index contributed by atoms with van der Waals surface area (Å²) in [6, 6.07) is 23.9. The van der Waals surface area contributed by atoms with Gasteiger partial charge in [0.2, 0.25) is 0 Å². The average molecular weight is 538 g/mol. The monoisotopic (exact) mass is 537 g/mol. The lowest BCUT2D eigenvalue weighted by Gasteiger charge is -2.35. The van der Waals surface area contributed by atoms with Crippen molar-refractivity contribution in [1.29, 1.82) is 0 Å². The minimum absolute atomic E-state index is 0.182. The van der Waals surface area contributed by atoms with E-state index in [4.69, 9.17) is 14.3 Å². The Balaban J connectivity index is 1.31. The number of nitrogens with zero attached hydrogens (tertiary/aromatic N) is 1. The van der Waals surface area contributed by atoms with Gasteiger partial charge in [-0.3, -0.25) is 4.79 Å². The van der Waals surface area contributed by atoms with Gasteiger partial charge in [0.1, 0.15) is 24.7 Å². The smallest absolute Gasteiger partial charge is 0.321 e. The van der Waals surface area contributed by atoms with Crippen LogP contribution in [0.5, 0.6) is 11.5 Å². The summed E-state index contributed by atoms with van der Waals surface area (Å²) in [6.45, 7) is 0.710. The summed E-state index contributed by atoms with van der Waals surface area (Å²) < 4.78 is 12.0. The van der Waals surface area contributed by atoms with E-state index in [1.807, 2.05) is 54.6 Å². The molecule has 0 amide bonds. The molecule has 0 aromatic heterocycles. The van der Waals surface area contributed by atoms with Gasteiger partial charge < -0.3 is 19.4 Å². The first-order valence-corrected chi connectivity index (χ1v) is 14.0. The molecule has 3 aromatic rings. The van der Waals surface area contributed by atoms with Gasteiger partial charge in [-0.15, -0.1) is 0 Å². The maximum atomic E-state index is 13.6. The van der Waals surface area contributed by atoms with E-state index in [-0.39, 0.29) is 11.7 Å². The van der Waals surface area contributed by atoms with Gasteiger partial charge in [0.25, 0.3) is 5.90 Å². The molecule has 40 heavy (non-hydrogen) atoms. The summed E-state index contributed by atoms with van der Waals surface area (Å²) in [6.07, 6.45) is 12.9. The van der Waals surface area contributed by atoms with Crippen LogP contribution in [0.2, 0.25) is 0 Å². The third-order valence-electron chi connectivity index (χ3n) is 7.50. The lowest BCUT2D eigenvalue weighted by Crippen LogP contribution is -2.41. The van der Waals surface area contributed by atoms with Gasteiger partial charge >= 0.3 is 5.97 Å². The number of phenolic OH excluding ortho intramolecular Hbond substituents is 1. The summed E-state index contributed by atoms with van der Waals surface area (Å²) in [5.74, 6) is 0.737. The van der Waals surface area contributed by atoms with Crippen molar-refractivity contribution in [2.24, 2.45) is 5.16 Å². The largest absolute Gasteiger partial charge is 0.508 e. The number of hydrogen-bond donors (Lipinski definition) is 1. The molecule has 1 N–H and O–H groups in total. The van der Waals surface area contributed by atoms with Crippen molar-refractivity contribution in [3.63, 3.8) is 0 Å². The van der Waals surface area contributed by atoms with Crippen LogP contribution >= 0.6 is 0 Å². The molecule has 6 heteroatoms. The fraction of sp³-hybridized carbons (Fsp3) is 0.294. The highest BCUT2D eigenvalue weighted by atomic mass is 16.6. The second kappa shape index (κ2) is 13.2. The molecule has 2 aliphatic rings.